The first-order valence-corrected chi connectivity index (χ1v) is 7.99. The summed E-state index contributed by atoms with van der Waals surface area (Å²) in [6.07, 6.45) is 1.02. The lowest BCUT2D eigenvalue weighted by Crippen LogP contribution is -2.48. The number of aromatic amines is 1. The topological polar surface area (TPSA) is 91.8 Å². The zero-order chi connectivity index (χ0) is 16.6. The monoisotopic (exact) mass is 317 g/mol. The Morgan fingerprint density at radius 2 is 2.13 bits per heavy atom. The molecule has 0 bridgehead atoms. The first kappa shape index (κ1) is 15.7. The Morgan fingerprint density at radius 1 is 1.39 bits per heavy atom. The van der Waals surface area contributed by atoms with Gasteiger partial charge in [0.15, 0.2) is 5.65 Å². The second kappa shape index (κ2) is 6.16. The Morgan fingerprint density at radius 3 is 2.78 bits per heavy atom. The minimum absolute atomic E-state index is 0.0535. The maximum absolute atomic E-state index is 12.0. The number of pyridine rings is 1. The second-order valence-electron chi connectivity index (χ2n) is 6.33. The summed E-state index contributed by atoms with van der Waals surface area (Å²) in [6, 6.07) is 0. The highest BCUT2D eigenvalue weighted by molar-refractivity contribution is 5.81. The SMILES string of the molecule is Cc1nc2c(c(C)c1CCC(=O)NCC1CNC1)c(=O)[nH]n2C. The Bertz CT molecular complexity index is 801. The average Bonchev–Trinajstić information content (AvgIpc) is 2.71. The van der Waals surface area contributed by atoms with Crippen LogP contribution >= 0.6 is 0 Å². The number of hydrogen-bond donors (Lipinski definition) is 3. The minimum atomic E-state index is -0.129. The van der Waals surface area contributed by atoms with E-state index in [1.807, 2.05) is 13.8 Å². The van der Waals surface area contributed by atoms with Crippen molar-refractivity contribution in [3.05, 3.63) is 27.2 Å². The van der Waals surface area contributed by atoms with Crippen molar-refractivity contribution >= 4 is 16.9 Å². The number of amides is 1. The molecule has 7 nitrogen and oxygen atoms in total. The molecule has 2 aromatic heterocycles. The van der Waals surface area contributed by atoms with Gasteiger partial charge in [0.25, 0.3) is 5.56 Å². The summed E-state index contributed by atoms with van der Waals surface area (Å²) in [6.45, 7) is 6.56. The number of aromatic nitrogens is 3. The summed E-state index contributed by atoms with van der Waals surface area (Å²) in [7, 11) is 1.78. The molecule has 1 aliphatic rings. The van der Waals surface area contributed by atoms with Crippen molar-refractivity contribution in [2.75, 3.05) is 19.6 Å². The van der Waals surface area contributed by atoms with E-state index in [9.17, 15) is 9.59 Å². The van der Waals surface area contributed by atoms with Crippen LogP contribution in [0.4, 0.5) is 0 Å². The van der Waals surface area contributed by atoms with Crippen molar-refractivity contribution in [3.8, 4) is 0 Å². The van der Waals surface area contributed by atoms with Crippen LogP contribution in [0, 0.1) is 19.8 Å². The number of carbonyl (C=O) groups excluding carboxylic acids is 1. The molecular weight excluding hydrogens is 294 g/mol. The van der Waals surface area contributed by atoms with E-state index in [-0.39, 0.29) is 11.5 Å². The van der Waals surface area contributed by atoms with Gasteiger partial charge in [-0.15, -0.1) is 0 Å². The zero-order valence-electron chi connectivity index (χ0n) is 13.8. The van der Waals surface area contributed by atoms with Crippen LogP contribution in [-0.4, -0.2) is 40.3 Å². The van der Waals surface area contributed by atoms with Crippen LogP contribution in [0.5, 0.6) is 0 Å². The molecule has 23 heavy (non-hydrogen) atoms. The quantitative estimate of drug-likeness (QED) is 0.732. The first-order valence-electron chi connectivity index (χ1n) is 7.99. The lowest BCUT2D eigenvalue weighted by molar-refractivity contribution is -0.121. The summed E-state index contributed by atoms with van der Waals surface area (Å²) in [5, 5.41) is 9.52. The van der Waals surface area contributed by atoms with Crippen LogP contribution in [0.3, 0.4) is 0 Å². The molecule has 3 rings (SSSR count). The molecule has 1 amide bonds. The molecular formula is C16H23N5O2. The van der Waals surface area contributed by atoms with Gasteiger partial charge in [-0.2, -0.15) is 0 Å². The van der Waals surface area contributed by atoms with Crippen LogP contribution < -0.4 is 16.2 Å². The summed E-state index contributed by atoms with van der Waals surface area (Å²) in [5.74, 6) is 0.612. The molecule has 0 saturated carbocycles. The van der Waals surface area contributed by atoms with Gasteiger partial charge >= 0.3 is 0 Å². The third-order valence-electron chi connectivity index (χ3n) is 4.63. The first-order chi connectivity index (χ1) is 11.0. The van der Waals surface area contributed by atoms with Gasteiger partial charge in [0.05, 0.1) is 5.39 Å². The highest BCUT2D eigenvalue weighted by atomic mass is 16.1. The molecule has 0 unspecified atom stereocenters. The van der Waals surface area contributed by atoms with Crippen LogP contribution in [0.2, 0.25) is 0 Å². The normalized spacial score (nSPS) is 14.9. The van der Waals surface area contributed by atoms with Gasteiger partial charge in [0.1, 0.15) is 0 Å². The maximum atomic E-state index is 12.0. The van der Waals surface area contributed by atoms with E-state index >= 15 is 0 Å². The van der Waals surface area contributed by atoms with Gasteiger partial charge in [-0.25, -0.2) is 4.98 Å². The molecule has 124 valence electrons. The third kappa shape index (κ3) is 3.01. The number of hydrogen-bond acceptors (Lipinski definition) is 4. The van der Waals surface area contributed by atoms with Gasteiger partial charge in [-0.3, -0.25) is 19.4 Å². The lowest BCUT2D eigenvalue weighted by Gasteiger charge is -2.27. The van der Waals surface area contributed by atoms with E-state index in [0.717, 1.165) is 36.5 Å². The number of fused-ring (bicyclic) bond motifs is 1. The fourth-order valence-electron chi connectivity index (χ4n) is 3.09. The van der Waals surface area contributed by atoms with Gasteiger partial charge in [-0.1, -0.05) is 0 Å². The molecule has 3 heterocycles. The van der Waals surface area contributed by atoms with Gasteiger partial charge < -0.3 is 10.6 Å². The third-order valence-corrected chi connectivity index (χ3v) is 4.63. The fourth-order valence-corrected chi connectivity index (χ4v) is 3.09. The average molecular weight is 317 g/mol. The summed E-state index contributed by atoms with van der Waals surface area (Å²) < 4.78 is 1.64. The second-order valence-corrected chi connectivity index (χ2v) is 6.33. The Balaban J connectivity index is 1.73. The van der Waals surface area contributed by atoms with Crippen molar-refractivity contribution in [2.24, 2.45) is 13.0 Å². The summed E-state index contributed by atoms with van der Waals surface area (Å²) >= 11 is 0. The van der Waals surface area contributed by atoms with Crippen LogP contribution in [0.25, 0.3) is 11.0 Å². The molecule has 0 aliphatic carbocycles. The molecule has 1 saturated heterocycles. The molecule has 7 heteroatoms. The Kier molecular flexibility index (Phi) is 4.21. The molecule has 0 spiro atoms. The van der Waals surface area contributed by atoms with E-state index in [4.69, 9.17) is 0 Å². The number of nitrogens with one attached hydrogen (secondary N) is 3. The minimum Gasteiger partial charge on any atom is -0.356 e. The number of H-pyrrole nitrogens is 1. The van der Waals surface area contributed by atoms with Crippen molar-refractivity contribution < 1.29 is 4.79 Å². The molecule has 3 N–H and O–H groups in total. The highest BCUT2D eigenvalue weighted by Crippen LogP contribution is 2.21. The van der Waals surface area contributed by atoms with Crippen LogP contribution in [0.1, 0.15) is 23.2 Å². The standard InChI is InChI=1S/C16H23N5O2/c1-9-12(4-5-13(22)18-8-11-6-17-7-11)10(2)19-15-14(9)16(23)20-21(15)3/h11,17H,4-8H2,1-3H3,(H,18,22)(H,20,23). The van der Waals surface area contributed by atoms with Crippen molar-refractivity contribution in [1.82, 2.24) is 25.4 Å². The van der Waals surface area contributed by atoms with Crippen LogP contribution in [-0.2, 0) is 18.3 Å². The molecule has 0 atom stereocenters. The fraction of sp³-hybridized carbons (Fsp3) is 0.562. The number of carbonyl (C=O) groups is 1. The van der Waals surface area contributed by atoms with Gasteiger partial charge in [-0.05, 0) is 31.4 Å². The zero-order valence-corrected chi connectivity index (χ0v) is 13.8. The molecule has 1 fully saturated rings. The Hall–Kier alpha value is -2.15. The van der Waals surface area contributed by atoms with Crippen molar-refractivity contribution in [3.63, 3.8) is 0 Å². The number of rotatable bonds is 5. The van der Waals surface area contributed by atoms with Crippen molar-refractivity contribution in [2.45, 2.75) is 26.7 Å². The highest BCUT2D eigenvalue weighted by Gasteiger charge is 2.18. The summed E-state index contributed by atoms with van der Waals surface area (Å²) in [5.41, 5.74) is 3.33. The Labute approximate surface area is 134 Å². The summed E-state index contributed by atoms with van der Waals surface area (Å²) in [4.78, 5) is 28.6. The number of nitrogens with zero attached hydrogens (tertiary/aromatic N) is 2. The smallest absolute Gasteiger partial charge is 0.273 e. The van der Waals surface area contributed by atoms with Gasteiger partial charge in [0.2, 0.25) is 5.91 Å². The van der Waals surface area contributed by atoms with Crippen molar-refractivity contribution in [1.29, 1.82) is 0 Å². The molecule has 0 aromatic carbocycles. The molecule has 2 aromatic rings. The van der Waals surface area contributed by atoms with E-state index in [1.54, 1.807) is 11.7 Å². The van der Waals surface area contributed by atoms with E-state index in [0.29, 0.717) is 29.8 Å². The predicted octanol–water partition coefficient (Wildman–Crippen LogP) is 0.147. The predicted molar refractivity (Wildman–Crippen MR) is 88.5 cm³/mol. The lowest BCUT2D eigenvalue weighted by atomic mass is 10.00. The van der Waals surface area contributed by atoms with E-state index in [1.165, 1.54) is 0 Å². The molecule has 1 aliphatic heterocycles. The number of aryl methyl sites for hydroxylation is 3. The van der Waals surface area contributed by atoms with E-state index < -0.39 is 0 Å². The van der Waals surface area contributed by atoms with Crippen LogP contribution in [0.15, 0.2) is 4.79 Å². The maximum Gasteiger partial charge on any atom is 0.273 e. The largest absolute Gasteiger partial charge is 0.356 e. The van der Waals surface area contributed by atoms with E-state index in [2.05, 4.69) is 20.7 Å². The van der Waals surface area contributed by atoms with Gasteiger partial charge in [0, 0.05) is 44.7 Å². The molecule has 0 radical (unpaired) electrons.